The van der Waals surface area contributed by atoms with Crippen LogP contribution in [0.5, 0.6) is 0 Å². The molecule has 2 aliphatic rings. The van der Waals surface area contributed by atoms with E-state index < -0.39 is 36.2 Å². The number of methoxy groups -OCH3 is 1. The van der Waals surface area contributed by atoms with Crippen molar-refractivity contribution in [2.24, 2.45) is 5.92 Å². The number of epoxide rings is 1. The summed E-state index contributed by atoms with van der Waals surface area (Å²) >= 11 is 0. The second kappa shape index (κ2) is 9.86. The second-order valence-electron chi connectivity index (χ2n) is 7.35. The molecule has 2 saturated heterocycles. The Morgan fingerprint density at radius 3 is 2.46 bits per heavy atom. The van der Waals surface area contributed by atoms with E-state index >= 15 is 0 Å². The molecule has 9 heteroatoms. The van der Waals surface area contributed by atoms with Crippen molar-refractivity contribution in [2.45, 2.75) is 70.7 Å². The van der Waals surface area contributed by atoms with Gasteiger partial charge >= 0.3 is 5.97 Å². The van der Waals surface area contributed by atoms with Gasteiger partial charge < -0.3 is 25.0 Å². The van der Waals surface area contributed by atoms with E-state index in [0.717, 1.165) is 6.42 Å². The third-order valence-electron chi connectivity index (χ3n) is 5.34. The first-order valence-corrected chi connectivity index (χ1v) is 9.97. The highest BCUT2D eigenvalue weighted by molar-refractivity contribution is 5.97. The molecule has 0 aromatic carbocycles. The summed E-state index contributed by atoms with van der Waals surface area (Å²) in [4.78, 5) is 51.0. The minimum absolute atomic E-state index is 0.138. The Morgan fingerprint density at radius 1 is 1.18 bits per heavy atom. The van der Waals surface area contributed by atoms with Gasteiger partial charge in [0.25, 0.3) is 11.8 Å². The number of nitrogens with one attached hydrogen (secondary N) is 2. The van der Waals surface area contributed by atoms with Crippen LogP contribution in [0.1, 0.15) is 46.5 Å². The number of hydrogen-bond donors (Lipinski definition) is 2. The molecule has 3 amide bonds. The highest BCUT2D eigenvalue weighted by Crippen LogP contribution is 2.25. The summed E-state index contributed by atoms with van der Waals surface area (Å²) in [5.74, 6) is -1.69. The monoisotopic (exact) mass is 397 g/mol. The predicted octanol–water partition coefficient (Wildman–Crippen LogP) is -0.0251. The van der Waals surface area contributed by atoms with Crippen LogP contribution in [0, 0.1) is 5.92 Å². The zero-order valence-electron chi connectivity index (χ0n) is 17.0. The van der Waals surface area contributed by atoms with E-state index in [9.17, 15) is 19.2 Å². The molecule has 0 spiro atoms. The molecule has 2 heterocycles. The van der Waals surface area contributed by atoms with E-state index in [1.807, 2.05) is 20.8 Å². The van der Waals surface area contributed by atoms with Gasteiger partial charge in [0.2, 0.25) is 5.91 Å². The van der Waals surface area contributed by atoms with Crippen LogP contribution in [0.3, 0.4) is 0 Å². The van der Waals surface area contributed by atoms with Gasteiger partial charge in [0.15, 0.2) is 12.2 Å². The normalized spacial score (nSPS) is 25.6. The van der Waals surface area contributed by atoms with Gasteiger partial charge in [0.05, 0.1) is 7.11 Å². The minimum Gasteiger partial charge on any atom is -0.467 e. The van der Waals surface area contributed by atoms with Crippen molar-refractivity contribution in [1.82, 2.24) is 15.5 Å². The van der Waals surface area contributed by atoms with Gasteiger partial charge in [-0.1, -0.05) is 27.2 Å². The fraction of sp³-hybridized carbons (Fsp3) is 0.789. The Bertz CT molecular complexity index is 610. The van der Waals surface area contributed by atoms with Gasteiger partial charge in [-0.25, -0.2) is 4.79 Å². The average Bonchev–Trinajstić information content (AvgIpc) is 3.36. The lowest BCUT2D eigenvalue weighted by molar-refractivity contribution is -0.152. The number of esters is 1. The van der Waals surface area contributed by atoms with Gasteiger partial charge in [0.1, 0.15) is 12.1 Å². The summed E-state index contributed by atoms with van der Waals surface area (Å²) in [7, 11) is 1.30. The summed E-state index contributed by atoms with van der Waals surface area (Å²) in [6, 6.07) is -1.41. The van der Waals surface area contributed by atoms with E-state index in [1.165, 1.54) is 12.0 Å². The number of amides is 3. The highest BCUT2D eigenvalue weighted by Gasteiger charge is 2.51. The first-order chi connectivity index (χ1) is 13.3. The molecule has 5 atom stereocenters. The number of carbonyl (C=O) groups excluding carboxylic acids is 4. The summed E-state index contributed by atoms with van der Waals surface area (Å²) in [5, 5.41) is 5.43. The van der Waals surface area contributed by atoms with Gasteiger partial charge in [0, 0.05) is 13.1 Å². The molecule has 2 aliphatic heterocycles. The van der Waals surface area contributed by atoms with Crippen molar-refractivity contribution < 1.29 is 28.7 Å². The summed E-state index contributed by atoms with van der Waals surface area (Å²) in [6.45, 7) is 6.69. The lowest BCUT2D eigenvalue weighted by Crippen LogP contribution is -2.55. The van der Waals surface area contributed by atoms with Crippen molar-refractivity contribution in [3.63, 3.8) is 0 Å². The van der Waals surface area contributed by atoms with Crippen molar-refractivity contribution in [2.75, 3.05) is 20.2 Å². The molecule has 2 fully saturated rings. The first kappa shape index (κ1) is 22.1. The molecule has 2 unspecified atom stereocenters. The van der Waals surface area contributed by atoms with E-state index in [0.29, 0.717) is 32.4 Å². The third kappa shape index (κ3) is 5.01. The molecule has 28 heavy (non-hydrogen) atoms. The van der Waals surface area contributed by atoms with Crippen molar-refractivity contribution in [3.8, 4) is 0 Å². The maximum Gasteiger partial charge on any atom is 0.328 e. The lowest BCUT2D eigenvalue weighted by Gasteiger charge is -2.30. The topological polar surface area (TPSA) is 117 Å². The number of nitrogens with zero attached hydrogens (tertiary/aromatic N) is 1. The Morgan fingerprint density at radius 2 is 1.86 bits per heavy atom. The fourth-order valence-corrected chi connectivity index (χ4v) is 3.37. The molecule has 0 radical (unpaired) electrons. The molecular formula is C19H31N3O6. The standard InChI is InChI=1S/C19H31N3O6/c1-5-9-20-16(23)14-15(28-14)17(24)21-13(11(3)6-2)18(25)22-10-7-8-12(22)19(26)27-4/h11-15H,5-10H2,1-4H3,(H,20,23)(H,21,24)/t11-,12?,13-,14?,15-/m0/s1. The molecule has 0 aliphatic carbocycles. The predicted molar refractivity (Wildman–Crippen MR) is 100 cm³/mol. The fourth-order valence-electron chi connectivity index (χ4n) is 3.37. The molecule has 0 bridgehead atoms. The maximum atomic E-state index is 13.1. The van der Waals surface area contributed by atoms with Crippen molar-refractivity contribution >= 4 is 23.7 Å². The van der Waals surface area contributed by atoms with Crippen LogP contribution in [-0.2, 0) is 28.7 Å². The SMILES string of the molecule is CCCNC(=O)C1O[C@@H]1C(=O)N[C@H](C(=O)N1CCCC1C(=O)OC)[C@@H](C)CC. The third-order valence-corrected chi connectivity index (χ3v) is 5.34. The highest BCUT2D eigenvalue weighted by atomic mass is 16.6. The van der Waals surface area contributed by atoms with Crippen LogP contribution in [0.2, 0.25) is 0 Å². The van der Waals surface area contributed by atoms with E-state index in [2.05, 4.69) is 10.6 Å². The molecular weight excluding hydrogens is 366 g/mol. The molecule has 2 N–H and O–H groups in total. The van der Waals surface area contributed by atoms with Gasteiger partial charge in [-0.3, -0.25) is 14.4 Å². The Kier molecular flexibility index (Phi) is 7.79. The molecule has 0 aromatic heterocycles. The smallest absolute Gasteiger partial charge is 0.328 e. The van der Waals surface area contributed by atoms with Crippen LogP contribution in [0.25, 0.3) is 0 Å². The van der Waals surface area contributed by atoms with Gasteiger partial charge in [-0.15, -0.1) is 0 Å². The number of rotatable bonds is 9. The van der Waals surface area contributed by atoms with E-state index in [4.69, 9.17) is 9.47 Å². The van der Waals surface area contributed by atoms with Crippen LogP contribution < -0.4 is 10.6 Å². The molecule has 0 aromatic rings. The number of likely N-dealkylation sites (tertiary alicyclic amines) is 1. The molecule has 0 saturated carbocycles. The Labute approximate surface area is 165 Å². The summed E-state index contributed by atoms with van der Waals surface area (Å²) < 4.78 is 10.0. The Hall–Kier alpha value is -2.16. The van der Waals surface area contributed by atoms with Crippen LogP contribution in [0.15, 0.2) is 0 Å². The summed E-state index contributed by atoms with van der Waals surface area (Å²) in [6.07, 6.45) is 1.01. The van der Waals surface area contributed by atoms with Crippen LogP contribution in [-0.4, -0.2) is 73.1 Å². The van der Waals surface area contributed by atoms with Gasteiger partial charge in [-0.05, 0) is 25.2 Å². The lowest BCUT2D eigenvalue weighted by atomic mass is 9.97. The van der Waals surface area contributed by atoms with Crippen LogP contribution in [0.4, 0.5) is 0 Å². The quantitative estimate of drug-likeness (QED) is 0.417. The number of carbonyl (C=O) groups is 4. The zero-order chi connectivity index (χ0) is 20.8. The minimum atomic E-state index is -0.883. The average molecular weight is 397 g/mol. The second-order valence-corrected chi connectivity index (χ2v) is 7.35. The van der Waals surface area contributed by atoms with Gasteiger partial charge in [-0.2, -0.15) is 0 Å². The van der Waals surface area contributed by atoms with E-state index in [-0.39, 0.29) is 17.7 Å². The maximum absolute atomic E-state index is 13.1. The van der Waals surface area contributed by atoms with Crippen LogP contribution >= 0.6 is 0 Å². The van der Waals surface area contributed by atoms with E-state index in [1.54, 1.807) is 0 Å². The number of hydrogen-bond acceptors (Lipinski definition) is 6. The molecule has 9 nitrogen and oxygen atoms in total. The number of ether oxygens (including phenoxy) is 2. The molecule has 158 valence electrons. The summed E-state index contributed by atoms with van der Waals surface area (Å²) in [5.41, 5.74) is 0. The Balaban J connectivity index is 2.02. The first-order valence-electron chi connectivity index (χ1n) is 9.97. The largest absolute Gasteiger partial charge is 0.467 e. The van der Waals surface area contributed by atoms with Crippen molar-refractivity contribution in [3.05, 3.63) is 0 Å². The molecule has 2 rings (SSSR count). The zero-order valence-corrected chi connectivity index (χ0v) is 17.0. The van der Waals surface area contributed by atoms with Crippen molar-refractivity contribution in [1.29, 1.82) is 0 Å².